The van der Waals surface area contributed by atoms with Crippen molar-refractivity contribution in [3.8, 4) is 5.69 Å². The normalized spacial score (nSPS) is 13.9. The highest BCUT2D eigenvalue weighted by Gasteiger charge is 2.28. The van der Waals surface area contributed by atoms with Gasteiger partial charge in [-0.15, -0.1) is 0 Å². The number of anilines is 1. The second kappa shape index (κ2) is 5.84. The van der Waals surface area contributed by atoms with Crippen molar-refractivity contribution in [2.24, 2.45) is 0 Å². The van der Waals surface area contributed by atoms with Crippen molar-refractivity contribution in [3.63, 3.8) is 0 Å². The minimum atomic E-state index is -0.440. The van der Waals surface area contributed by atoms with E-state index in [1.165, 1.54) is 12.3 Å². The Morgan fingerprint density at radius 2 is 2.12 bits per heavy atom. The molecule has 1 fully saturated rings. The molecule has 0 radical (unpaired) electrons. The summed E-state index contributed by atoms with van der Waals surface area (Å²) in [6.07, 6.45) is 3.56. The topological polar surface area (TPSA) is 73.0 Å². The van der Waals surface area contributed by atoms with Gasteiger partial charge in [-0.25, -0.2) is 9.07 Å². The van der Waals surface area contributed by atoms with Gasteiger partial charge in [0.15, 0.2) is 5.82 Å². The molecule has 0 atom stereocenters. The molecule has 25 heavy (non-hydrogen) atoms. The molecule has 0 unspecified atom stereocenters. The van der Waals surface area contributed by atoms with Crippen molar-refractivity contribution in [1.82, 2.24) is 14.9 Å². The molecule has 1 saturated carbocycles. The fourth-order valence-electron chi connectivity index (χ4n) is 2.85. The maximum Gasteiger partial charge on any atom is 0.260 e. The van der Waals surface area contributed by atoms with E-state index in [2.05, 4.69) is 15.6 Å². The Labute approximate surface area is 143 Å². The van der Waals surface area contributed by atoms with Crippen LogP contribution in [0.15, 0.2) is 35.0 Å². The molecule has 0 spiro atoms. The van der Waals surface area contributed by atoms with Gasteiger partial charge in [-0.1, -0.05) is 5.16 Å². The molecule has 0 aliphatic heterocycles. The molecule has 1 amide bonds. The molecule has 3 aromatic rings. The van der Waals surface area contributed by atoms with E-state index < -0.39 is 5.82 Å². The number of carbonyl (C=O) groups excluding carboxylic acids is 1. The number of amides is 1. The first-order chi connectivity index (χ1) is 12.0. The predicted octanol–water partition coefficient (Wildman–Crippen LogP) is 3.75. The lowest BCUT2D eigenvalue weighted by Crippen LogP contribution is -2.13. The van der Waals surface area contributed by atoms with Gasteiger partial charge in [0, 0.05) is 17.3 Å². The lowest BCUT2D eigenvalue weighted by Gasteiger charge is -2.10. The third-order valence-electron chi connectivity index (χ3n) is 4.28. The van der Waals surface area contributed by atoms with Crippen LogP contribution in [-0.4, -0.2) is 20.8 Å². The molecule has 2 heterocycles. The zero-order valence-electron chi connectivity index (χ0n) is 13.9. The summed E-state index contributed by atoms with van der Waals surface area (Å²) in [4.78, 5) is 12.2. The molecule has 0 saturated heterocycles. The van der Waals surface area contributed by atoms with Crippen LogP contribution in [0.1, 0.15) is 46.3 Å². The molecule has 6 nitrogen and oxygen atoms in total. The average Bonchev–Trinajstić information content (AvgIpc) is 3.21. The van der Waals surface area contributed by atoms with Gasteiger partial charge in [0.2, 0.25) is 0 Å². The second-order valence-electron chi connectivity index (χ2n) is 6.31. The van der Waals surface area contributed by atoms with Gasteiger partial charge in [-0.2, -0.15) is 5.10 Å². The molecular formula is C18H17FN4O2. The highest BCUT2D eigenvalue weighted by Crippen LogP contribution is 2.41. The van der Waals surface area contributed by atoms with E-state index >= 15 is 0 Å². The van der Waals surface area contributed by atoms with Gasteiger partial charge in [0.1, 0.15) is 17.0 Å². The van der Waals surface area contributed by atoms with Crippen molar-refractivity contribution in [2.45, 2.75) is 32.6 Å². The Kier molecular flexibility index (Phi) is 3.63. The fraction of sp³-hybridized carbons (Fsp3) is 0.278. The van der Waals surface area contributed by atoms with Crippen LogP contribution in [0.2, 0.25) is 0 Å². The Hall–Kier alpha value is -2.96. The molecule has 1 aliphatic carbocycles. The van der Waals surface area contributed by atoms with Gasteiger partial charge in [-0.05, 0) is 51.0 Å². The smallest absolute Gasteiger partial charge is 0.260 e. The highest BCUT2D eigenvalue weighted by molar-refractivity contribution is 6.04. The first-order valence-corrected chi connectivity index (χ1v) is 8.12. The molecular weight excluding hydrogens is 323 g/mol. The number of nitrogens with one attached hydrogen (secondary N) is 1. The maximum absolute atomic E-state index is 14.6. The van der Waals surface area contributed by atoms with Gasteiger partial charge < -0.3 is 9.84 Å². The van der Waals surface area contributed by atoms with Crippen molar-refractivity contribution in [2.75, 3.05) is 5.32 Å². The molecule has 0 bridgehead atoms. The third-order valence-corrected chi connectivity index (χ3v) is 4.28. The highest BCUT2D eigenvalue weighted by atomic mass is 19.1. The second-order valence-corrected chi connectivity index (χ2v) is 6.31. The third kappa shape index (κ3) is 2.93. The zero-order chi connectivity index (χ0) is 17.6. The number of aryl methyl sites for hydroxylation is 2. The summed E-state index contributed by atoms with van der Waals surface area (Å²) in [5, 5.41) is 10.6. The molecule has 4 rings (SSSR count). The van der Waals surface area contributed by atoms with Crippen molar-refractivity contribution in [3.05, 3.63) is 59.0 Å². The van der Waals surface area contributed by atoms with Crippen molar-refractivity contribution in [1.29, 1.82) is 0 Å². The van der Waals surface area contributed by atoms with Crippen molar-refractivity contribution < 1.29 is 13.7 Å². The number of nitrogens with zero attached hydrogens (tertiary/aromatic N) is 3. The Balaban J connectivity index is 1.61. The Morgan fingerprint density at radius 3 is 2.76 bits per heavy atom. The fourth-order valence-corrected chi connectivity index (χ4v) is 2.85. The lowest BCUT2D eigenvalue weighted by molar-refractivity contribution is 0.102. The van der Waals surface area contributed by atoms with Crippen molar-refractivity contribution >= 4 is 11.6 Å². The van der Waals surface area contributed by atoms with Crippen LogP contribution in [0.25, 0.3) is 5.69 Å². The predicted molar refractivity (Wildman–Crippen MR) is 89.4 cm³/mol. The quantitative estimate of drug-likeness (QED) is 0.785. The van der Waals surface area contributed by atoms with Gasteiger partial charge in [0.25, 0.3) is 5.91 Å². The van der Waals surface area contributed by atoms with Crippen LogP contribution in [-0.2, 0) is 0 Å². The van der Waals surface area contributed by atoms with E-state index in [1.807, 2.05) is 13.0 Å². The first-order valence-electron chi connectivity index (χ1n) is 8.12. The Morgan fingerprint density at radius 1 is 1.32 bits per heavy atom. The zero-order valence-corrected chi connectivity index (χ0v) is 13.9. The number of benzene rings is 1. The molecule has 1 aromatic carbocycles. The SMILES string of the molecule is Cc1cc(C2CC2)n(-c2ccc(NC(=O)c3cnoc3C)cc2F)n1. The summed E-state index contributed by atoms with van der Waals surface area (Å²) >= 11 is 0. The average molecular weight is 340 g/mol. The van der Waals surface area contributed by atoms with E-state index in [0.717, 1.165) is 24.2 Å². The van der Waals surface area contributed by atoms with Gasteiger partial charge >= 0.3 is 0 Å². The van der Waals surface area contributed by atoms with Gasteiger partial charge in [-0.3, -0.25) is 4.79 Å². The van der Waals surface area contributed by atoms with Crippen LogP contribution in [0.3, 0.4) is 0 Å². The molecule has 2 aromatic heterocycles. The lowest BCUT2D eigenvalue weighted by atomic mass is 10.2. The van der Waals surface area contributed by atoms with E-state index in [4.69, 9.17) is 4.52 Å². The van der Waals surface area contributed by atoms with Crippen LogP contribution >= 0.6 is 0 Å². The number of halogens is 1. The summed E-state index contributed by atoms with van der Waals surface area (Å²) in [5.41, 5.74) is 2.97. The van der Waals surface area contributed by atoms with E-state index in [1.54, 1.807) is 23.7 Å². The first kappa shape index (κ1) is 15.6. The minimum absolute atomic E-state index is 0.322. The number of hydrogen-bond donors (Lipinski definition) is 1. The standard InChI is InChI=1S/C18H17FN4O2/c1-10-7-17(12-3-4-12)23(22-10)16-6-5-13(8-15(16)19)21-18(24)14-9-20-25-11(14)2/h5-9,12H,3-4H2,1-2H3,(H,21,24). The summed E-state index contributed by atoms with van der Waals surface area (Å²) in [5.74, 6) is 0.0385. The van der Waals surface area contributed by atoms with E-state index in [-0.39, 0.29) is 5.91 Å². The molecule has 7 heteroatoms. The van der Waals surface area contributed by atoms with Gasteiger partial charge in [0.05, 0.1) is 11.9 Å². The van der Waals surface area contributed by atoms with E-state index in [0.29, 0.717) is 28.6 Å². The summed E-state index contributed by atoms with van der Waals surface area (Å²) in [7, 11) is 0. The summed E-state index contributed by atoms with van der Waals surface area (Å²) in [6.45, 7) is 3.54. The molecule has 1 aliphatic rings. The Bertz CT molecular complexity index is 956. The van der Waals surface area contributed by atoms with E-state index in [9.17, 15) is 9.18 Å². The largest absolute Gasteiger partial charge is 0.361 e. The number of aromatic nitrogens is 3. The maximum atomic E-state index is 14.6. The van der Waals surface area contributed by atoms with Crippen LogP contribution in [0.4, 0.5) is 10.1 Å². The summed E-state index contributed by atoms with van der Waals surface area (Å²) in [6, 6.07) is 6.59. The van der Waals surface area contributed by atoms with Crippen LogP contribution in [0.5, 0.6) is 0 Å². The van der Waals surface area contributed by atoms with Crippen LogP contribution in [0, 0.1) is 19.7 Å². The van der Waals surface area contributed by atoms with Crippen LogP contribution < -0.4 is 5.32 Å². The monoisotopic (exact) mass is 340 g/mol. The number of carbonyl (C=O) groups is 1. The minimum Gasteiger partial charge on any atom is -0.361 e. The number of hydrogen-bond acceptors (Lipinski definition) is 4. The molecule has 128 valence electrons. The molecule has 1 N–H and O–H groups in total. The summed E-state index contributed by atoms with van der Waals surface area (Å²) < 4.78 is 21.2. The number of rotatable bonds is 4.